The number of halogens is 2. The van der Waals surface area contributed by atoms with E-state index >= 15 is 0 Å². The molecule has 0 spiro atoms. The van der Waals surface area contributed by atoms with Gasteiger partial charge in [0.1, 0.15) is 6.10 Å². The summed E-state index contributed by atoms with van der Waals surface area (Å²) in [6.07, 6.45) is 4.03. The predicted octanol–water partition coefficient (Wildman–Crippen LogP) is 1.63. The summed E-state index contributed by atoms with van der Waals surface area (Å²) < 4.78 is 34.2. The van der Waals surface area contributed by atoms with Crippen LogP contribution in [0.1, 0.15) is 6.42 Å². The van der Waals surface area contributed by atoms with E-state index < -0.39 is 6.61 Å². The fourth-order valence-corrected chi connectivity index (χ4v) is 2.28. The minimum absolute atomic E-state index is 0.0842. The second-order valence-electron chi connectivity index (χ2n) is 5.15. The van der Waals surface area contributed by atoms with Crippen LogP contribution in [0.25, 0.3) is 0 Å². The van der Waals surface area contributed by atoms with Crippen molar-refractivity contribution in [3.05, 3.63) is 18.5 Å². The van der Waals surface area contributed by atoms with E-state index in [4.69, 9.17) is 4.74 Å². The number of aromatic amines is 1. The lowest BCUT2D eigenvalue weighted by Crippen LogP contribution is -2.21. The number of nitrogens with zero attached hydrogens (tertiary/aromatic N) is 4. The molecule has 2 aromatic rings. The molecule has 3 rings (SSSR count). The Morgan fingerprint density at radius 2 is 2.26 bits per heavy atom. The molecule has 3 heterocycles. The second kappa shape index (κ2) is 6.73. The Labute approximate surface area is 130 Å². The highest BCUT2D eigenvalue weighted by atomic mass is 19.3. The predicted molar refractivity (Wildman–Crippen MR) is 77.1 cm³/mol. The van der Waals surface area contributed by atoms with Crippen molar-refractivity contribution < 1.29 is 18.3 Å². The third kappa shape index (κ3) is 4.25. The molecule has 0 bridgehead atoms. The molecular formula is C13H16F2N6O2. The van der Waals surface area contributed by atoms with E-state index in [0.29, 0.717) is 11.7 Å². The van der Waals surface area contributed by atoms with Gasteiger partial charge in [-0.05, 0) is 13.5 Å². The molecule has 8 nitrogen and oxygen atoms in total. The summed E-state index contributed by atoms with van der Waals surface area (Å²) in [5.74, 6) is 0.934. The zero-order valence-corrected chi connectivity index (χ0v) is 12.4. The van der Waals surface area contributed by atoms with Crippen LogP contribution >= 0.6 is 0 Å². The number of aromatic nitrogens is 4. The van der Waals surface area contributed by atoms with Crippen LogP contribution in [-0.2, 0) is 0 Å². The van der Waals surface area contributed by atoms with E-state index in [0.717, 1.165) is 19.5 Å². The SMILES string of the molecule is CN1CC[C@@H](Oc2cncc(Nc3cc(OC(F)F)[nH]n3)n2)C1. The van der Waals surface area contributed by atoms with Crippen LogP contribution in [0.4, 0.5) is 20.4 Å². The first-order valence-electron chi connectivity index (χ1n) is 7.03. The third-order valence-electron chi connectivity index (χ3n) is 3.27. The molecule has 10 heteroatoms. The van der Waals surface area contributed by atoms with Crippen LogP contribution in [0.15, 0.2) is 18.5 Å². The molecule has 23 heavy (non-hydrogen) atoms. The molecule has 0 unspecified atom stereocenters. The largest absolute Gasteiger partial charge is 0.472 e. The minimum atomic E-state index is -2.91. The van der Waals surface area contributed by atoms with E-state index in [1.165, 1.54) is 18.5 Å². The molecule has 1 atom stereocenters. The summed E-state index contributed by atoms with van der Waals surface area (Å²) in [6, 6.07) is 1.30. The average molecular weight is 326 g/mol. The number of rotatable bonds is 6. The van der Waals surface area contributed by atoms with Crippen molar-refractivity contribution in [3.63, 3.8) is 0 Å². The van der Waals surface area contributed by atoms with Crippen molar-refractivity contribution in [2.75, 3.05) is 25.5 Å². The minimum Gasteiger partial charge on any atom is -0.472 e. The monoisotopic (exact) mass is 326 g/mol. The molecule has 1 saturated heterocycles. The Morgan fingerprint density at radius 3 is 3.00 bits per heavy atom. The molecule has 2 aromatic heterocycles. The number of hydrogen-bond donors (Lipinski definition) is 2. The van der Waals surface area contributed by atoms with Crippen LogP contribution in [0.5, 0.6) is 11.8 Å². The number of H-pyrrole nitrogens is 1. The average Bonchev–Trinajstić information content (AvgIpc) is 3.08. The second-order valence-corrected chi connectivity index (χ2v) is 5.15. The summed E-state index contributed by atoms with van der Waals surface area (Å²) in [6.45, 7) is -1.09. The van der Waals surface area contributed by atoms with Crippen molar-refractivity contribution in [1.29, 1.82) is 0 Å². The quantitative estimate of drug-likeness (QED) is 0.834. The van der Waals surface area contributed by atoms with Crippen molar-refractivity contribution in [2.45, 2.75) is 19.1 Å². The van der Waals surface area contributed by atoms with E-state index in [9.17, 15) is 8.78 Å². The summed E-state index contributed by atoms with van der Waals surface area (Å²) >= 11 is 0. The fraction of sp³-hybridized carbons (Fsp3) is 0.462. The molecule has 1 aliphatic rings. The Hall–Kier alpha value is -2.49. The molecule has 124 valence electrons. The van der Waals surface area contributed by atoms with Crippen LogP contribution in [0, 0.1) is 0 Å². The topological polar surface area (TPSA) is 88.2 Å². The van der Waals surface area contributed by atoms with Gasteiger partial charge in [-0.3, -0.25) is 4.98 Å². The number of hydrogen-bond acceptors (Lipinski definition) is 7. The van der Waals surface area contributed by atoms with Gasteiger partial charge in [0, 0.05) is 19.2 Å². The van der Waals surface area contributed by atoms with Crippen molar-refractivity contribution in [3.8, 4) is 11.8 Å². The zero-order chi connectivity index (χ0) is 16.2. The van der Waals surface area contributed by atoms with Gasteiger partial charge in [-0.1, -0.05) is 0 Å². The van der Waals surface area contributed by atoms with Crippen LogP contribution in [0.2, 0.25) is 0 Å². The number of ether oxygens (including phenoxy) is 2. The first-order valence-corrected chi connectivity index (χ1v) is 7.03. The van der Waals surface area contributed by atoms with Crippen LogP contribution in [-0.4, -0.2) is 57.9 Å². The lowest BCUT2D eigenvalue weighted by atomic mass is 10.3. The molecular weight excluding hydrogens is 310 g/mol. The number of likely N-dealkylation sites (tertiary alicyclic amines) is 1. The smallest absolute Gasteiger partial charge is 0.388 e. The summed E-state index contributed by atoms with van der Waals surface area (Å²) in [5, 5.41) is 8.97. The third-order valence-corrected chi connectivity index (χ3v) is 3.27. The van der Waals surface area contributed by atoms with Crippen molar-refractivity contribution in [1.82, 2.24) is 25.1 Å². The number of anilines is 2. The van der Waals surface area contributed by atoms with Gasteiger partial charge < -0.3 is 19.7 Å². The van der Waals surface area contributed by atoms with Gasteiger partial charge in [0.15, 0.2) is 11.6 Å². The normalized spacial score (nSPS) is 18.3. The Morgan fingerprint density at radius 1 is 1.39 bits per heavy atom. The van der Waals surface area contributed by atoms with Crippen molar-refractivity contribution in [2.24, 2.45) is 0 Å². The molecule has 1 aliphatic heterocycles. The van der Waals surface area contributed by atoms with Gasteiger partial charge >= 0.3 is 6.61 Å². The lowest BCUT2D eigenvalue weighted by molar-refractivity contribution is -0.0528. The molecule has 0 aliphatic carbocycles. The number of alkyl halides is 2. The number of likely N-dealkylation sites (N-methyl/N-ethyl adjacent to an activating group) is 1. The Balaban J connectivity index is 1.62. The Bertz CT molecular complexity index is 653. The highest BCUT2D eigenvalue weighted by molar-refractivity contribution is 5.51. The fourth-order valence-electron chi connectivity index (χ4n) is 2.28. The molecule has 0 radical (unpaired) electrons. The summed E-state index contributed by atoms with van der Waals surface area (Å²) in [5.41, 5.74) is 0. The van der Waals surface area contributed by atoms with Gasteiger partial charge in [-0.25, -0.2) is 5.10 Å². The number of nitrogens with one attached hydrogen (secondary N) is 2. The molecule has 0 amide bonds. The molecule has 0 aromatic carbocycles. The highest BCUT2D eigenvalue weighted by Crippen LogP contribution is 2.20. The molecule has 2 N–H and O–H groups in total. The first kappa shape index (κ1) is 15.4. The van der Waals surface area contributed by atoms with Crippen LogP contribution in [0.3, 0.4) is 0 Å². The van der Waals surface area contributed by atoms with Gasteiger partial charge in [-0.2, -0.15) is 18.9 Å². The summed E-state index contributed by atoms with van der Waals surface area (Å²) in [4.78, 5) is 10.5. The van der Waals surface area contributed by atoms with Gasteiger partial charge in [0.25, 0.3) is 0 Å². The van der Waals surface area contributed by atoms with Gasteiger partial charge in [-0.15, -0.1) is 0 Å². The highest BCUT2D eigenvalue weighted by Gasteiger charge is 2.21. The molecule has 0 saturated carbocycles. The standard InChI is InChI=1S/C13H16F2N6O2/c1-21-3-2-8(7-21)22-12-6-16-5-10(18-12)17-9-4-11(20-19-9)23-13(14)15/h4-6,8,13H,2-3,7H2,1H3,(H2,17,18,19,20)/t8-/m1/s1. The van der Waals surface area contributed by atoms with E-state index in [2.05, 4.69) is 35.1 Å². The van der Waals surface area contributed by atoms with Crippen LogP contribution < -0.4 is 14.8 Å². The van der Waals surface area contributed by atoms with Gasteiger partial charge in [0.05, 0.1) is 12.4 Å². The maximum Gasteiger partial charge on any atom is 0.388 e. The van der Waals surface area contributed by atoms with E-state index in [1.54, 1.807) is 0 Å². The summed E-state index contributed by atoms with van der Waals surface area (Å²) in [7, 11) is 2.03. The maximum atomic E-state index is 12.1. The van der Waals surface area contributed by atoms with Gasteiger partial charge in [0.2, 0.25) is 11.8 Å². The lowest BCUT2D eigenvalue weighted by Gasteiger charge is -2.13. The molecule has 1 fully saturated rings. The first-order chi connectivity index (χ1) is 11.1. The van der Waals surface area contributed by atoms with Crippen molar-refractivity contribution >= 4 is 11.6 Å². The van der Waals surface area contributed by atoms with E-state index in [-0.39, 0.29) is 17.8 Å². The maximum absolute atomic E-state index is 12.1. The van der Waals surface area contributed by atoms with E-state index in [1.807, 2.05) is 7.05 Å². The zero-order valence-electron chi connectivity index (χ0n) is 12.4. The Kier molecular flexibility index (Phi) is 4.51.